The van der Waals surface area contributed by atoms with Gasteiger partial charge < -0.3 is 15.0 Å². The number of rotatable bonds is 6. The van der Waals surface area contributed by atoms with Crippen LogP contribution in [-0.2, 0) is 13.6 Å². The van der Waals surface area contributed by atoms with Gasteiger partial charge in [0.1, 0.15) is 5.75 Å². The lowest BCUT2D eigenvalue weighted by Crippen LogP contribution is -2.36. The first-order valence-electron chi connectivity index (χ1n) is 10.3. The molecule has 3 aromatic rings. The molecule has 8 heteroatoms. The minimum Gasteiger partial charge on any atom is -0.495 e. The molecular formula is C24H30N6O2. The summed E-state index contributed by atoms with van der Waals surface area (Å²) >= 11 is 0. The highest BCUT2D eigenvalue weighted by molar-refractivity contribution is 6.10. The van der Waals surface area contributed by atoms with Gasteiger partial charge in [0.05, 0.1) is 25.0 Å². The van der Waals surface area contributed by atoms with Crippen LogP contribution in [0.2, 0.25) is 0 Å². The van der Waals surface area contributed by atoms with E-state index in [4.69, 9.17) is 4.74 Å². The van der Waals surface area contributed by atoms with E-state index >= 15 is 0 Å². The van der Waals surface area contributed by atoms with Gasteiger partial charge in [-0.15, -0.1) is 0 Å². The summed E-state index contributed by atoms with van der Waals surface area (Å²) < 4.78 is 7.27. The Kier molecular flexibility index (Phi) is 7.14. The first-order chi connectivity index (χ1) is 15.3. The minimum absolute atomic E-state index is 0.255. The monoisotopic (exact) mass is 434 g/mol. The van der Waals surface area contributed by atoms with Crippen LogP contribution in [0.1, 0.15) is 27.3 Å². The number of nitrogens with one attached hydrogen (secondary N) is 2. The maximum absolute atomic E-state index is 13.0. The summed E-state index contributed by atoms with van der Waals surface area (Å²) in [5.41, 5.74) is 5.16. The largest absolute Gasteiger partial charge is 0.495 e. The van der Waals surface area contributed by atoms with E-state index in [9.17, 15) is 4.79 Å². The van der Waals surface area contributed by atoms with Crippen LogP contribution in [0.25, 0.3) is 0 Å². The molecule has 3 rings (SSSR count). The number of aryl methyl sites for hydroxylation is 2. The summed E-state index contributed by atoms with van der Waals surface area (Å²) in [6, 6.07) is 14.9. The summed E-state index contributed by atoms with van der Waals surface area (Å²) in [7, 11) is 7.38. The molecule has 1 aromatic heterocycles. The van der Waals surface area contributed by atoms with Crippen LogP contribution < -0.4 is 20.3 Å². The van der Waals surface area contributed by atoms with Crippen LogP contribution in [0.3, 0.4) is 0 Å². The maximum Gasteiger partial charge on any atom is 0.258 e. The molecule has 32 heavy (non-hydrogen) atoms. The molecule has 0 aliphatic heterocycles. The van der Waals surface area contributed by atoms with Crippen LogP contribution in [0.5, 0.6) is 5.75 Å². The van der Waals surface area contributed by atoms with Crippen LogP contribution in [0.15, 0.2) is 53.5 Å². The zero-order chi connectivity index (χ0) is 23.3. The van der Waals surface area contributed by atoms with Crippen molar-refractivity contribution in [3.8, 4) is 5.75 Å². The van der Waals surface area contributed by atoms with E-state index in [-0.39, 0.29) is 5.91 Å². The SMILES string of the molecule is COc1ccccc1NC(=NCc1c(C)nn(C)c1C)NC(=O)c1cccc(N(C)C)c1. The topological polar surface area (TPSA) is 83.8 Å². The predicted octanol–water partition coefficient (Wildman–Crippen LogP) is 3.51. The summed E-state index contributed by atoms with van der Waals surface area (Å²) in [6.07, 6.45) is 0. The van der Waals surface area contributed by atoms with Gasteiger partial charge in [0.25, 0.3) is 5.91 Å². The van der Waals surface area contributed by atoms with Crippen molar-refractivity contribution >= 4 is 23.2 Å². The Morgan fingerprint density at radius 1 is 1.16 bits per heavy atom. The predicted molar refractivity (Wildman–Crippen MR) is 129 cm³/mol. The normalized spacial score (nSPS) is 11.2. The van der Waals surface area contributed by atoms with E-state index in [1.165, 1.54) is 0 Å². The summed E-state index contributed by atoms with van der Waals surface area (Å²) in [6.45, 7) is 4.33. The van der Waals surface area contributed by atoms with Crippen molar-refractivity contribution in [1.82, 2.24) is 15.1 Å². The summed E-state index contributed by atoms with van der Waals surface area (Å²) in [5.74, 6) is 0.727. The van der Waals surface area contributed by atoms with Crippen LogP contribution in [0.4, 0.5) is 11.4 Å². The highest BCUT2D eigenvalue weighted by Gasteiger charge is 2.14. The van der Waals surface area contributed by atoms with Crippen molar-refractivity contribution in [2.75, 3.05) is 31.4 Å². The highest BCUT2D eigenvalue weighted by Crippen LogP contribution is 2.23. The number of hydrogen-bond acceptors (Lipinski definition) is 5. The molecule has 0 spiro atoms. The molecule has 168 valence electrons. The number of hydrogen-bond donors (Lipinski definition) is 2. The lowest BCUT2D eigenvalue weighted by Gasteiger charge is -2.16. The number of aromatic nitrogens is 2. The number of nitrogens with zero attached hydrogens (tertiary/aromatic N) is 4. The smallest absolute Gasteiger partial charge is 0.258 e. The molecule has 0 saturated heterocycles. The molecule has 2 N–H and O–H groups in total. The number of anilines is 2. The number of aliphatic imine (C=N–C) groups is 1. The third kappa shape index (κ3) is 5.26. The van der Waals surface area contributed by atoms with Crippen molar-refractivity contribution in [2.45, 2.75) is 20.4 Å². The Bertz CT molecular complexity index is 1130. The number of guanidine groups is 1. The van der Waals surface area contributed by atoms with E-state index in [1.54, 1.807) is 13.2 Å². The third-order valence-corrected chi connectivity index (χ3v) is 5.27. The molecule has 0 saturated carbocycles. The fourth-order valence-corrected chi connectivity index (χ4v) is 3.30. The van der Waals surface area contributed by atoms with Gasteiger partial charge in [-0.1, -0.05) is 18.2 Å². The van der Waals surface area contributed by atoms with E-state index in [2.05, 4.69) is 20.7 Å². The fraction of sp³-hybridized carbons (Fsp3) is 0.292. The van der Waals surface area contributed by atoms with Crippen LogP contribution in [0, 0.1) is 13.8 Å². The van der Waals surface area contributed by atoms with Gasteiger partial charge in [-0.2, -0.15) is 5.10 Å². The molecule has 1 heterocycles. The second kappa shape index (κ2) is 10.00. The molecule has 8 nitrogen and oxygen atoms in total. The molecule has 0 radical (unpaired) electrons. The number of carbonyl (C=O) groups excluding carboxylic acids is 1. The van der Waals surface area contributed by atoms with Gasteiger partial charge in [-0.05, 0) is 44.2 Å². The van der Waals surface area contributed by atoms with Crippen molar-refractivity contribution in [1.29, 1.82) is 0 Å². The number of carbonyl (C=O) groups is 1. The average Bonchev–Trinajstić information content (AvgIpc) is 3.03. The van der Waals surface area contributed by atoms with Gasteiger partial charge >= 0.3 is 0 Å². The Morgan fingerprint density at radius 3 is 2.56 bits per heavy atom. The highest BCUT2D eigenvalue weighted by atomic mass is 16.5. The minimum atomic E-state index is -0.255. The molecule has 0 fully saturated rings. The second-order valence-electron chi connectivity index (χ2n) is 7.66. The number of ether oxygens (including phenoxy) is 1. The zero-order valence-corrected chi connectivity index (χ0v) is 19.4. The van der Waals surface area contributed by atoms with E-state index in [0.29, 0.717) is 29.5 Å². The zero-order valence-electron chi connectivity index (χ0n) is 19.4. The first kappa shape index (κ1) is 22.9. The number of benzene rings is 2. The lowest BCUT2D eigenvalue weighted by atomic mass is 10.2. The van der Waals surface area contributed by atoms with Crippen molar-refractivity contribution in [3.05, 3.63) is 71.0 Å². The molecule has 0 unspecified atom stereocenters. The van der Waals surface area contributed by atoms with Crippen molar-refractivity contribution in [2.24, 2.45) is 12.0 Å². The number of para-hydroxylation sites is 2. The molecule has 2 aromatic carbocycles. The lowest BCUT2D eigenvalue weighted by molar-refractivity contribution is 0.0977. The molecule has 1 amide bonds. The summed E-state index contributed by atoms with van der Waals surface area (Å²) in [5, 5.41) is 10.6. The van der Waals surface area contributed by atoms with Gasteiger partial charge in [-0.3, -0.25) is 14.8 Å². The first-order valence-corrected chi connectivity index (χ1v) is 10.3. The second-order valence-corrected chi connectivity index (χ2v) is 7.66. The molecule has 0 bridgehead atoms. The average molecular weight is 435 g/mol. The van der Waals surface area contributed by atoms with Gasteiger partial charge in [0.15, 0.2) is 0 Å². The van der Waals surface area contributed by atoms with E-state index < -0.39 is 0 Å². The van der Waals surface area contributed by atoms with Crippen LogP contribution in [-0.4, -0.2) is 42.9 Å². The standard InChI is InChI=1S/C24H30N6O2/c1-16-20(17(2)30(5)28-16)15-25-24(26-21-12-7-8-13-22(21)32-6)27-23(31)18-10-9-11-19(14-18)29(3)4/h7-14H,15H2,1-6H3,(H2,25,26,27,31). The van der Waals surface area contributed by atoms with Crippen molar-refractivity contribution < 1.29 is 9.53 Å². The molecule has 0 aliphatic carbocycles. The molecule has 0 aliphatic rings. The van der Waals surface area contributed by atoms with Crippen LogP contribution >= 0.6 is 0 Å². The number of amides is 1. The summed E-state index contributed by atoms with van der Waals surface area (Å²) in [4.78, 5) is 19.7. The van der Waals surface area contributed by atoms with E-state index in [0.717, 1.165) is 22.6 Å². The quantitative estimate of drug-likeness (QED) is 0.458. The molecular weight excluding hydrogens is 404 g/mol. The number of methoxy groups -OCH3 is 1. The Balaban J connectivity index is 1.90. The third-order valence-electron chi connectivity index (χ3n) is 5.27. The fourth-order valence-electron chi connectivity index (χ4n) is 3.30. The maximum atomic E-state index is 13.0. The van der Waals surface area contributed by atoms with Crippen molar-refractivity contribution in [3.63, 3.8) is 0 Å². The Morgan fingerprint density at radius 2 is 1.91 bits per heavy atom. The van der Waals surface area contributed by atoms with Gasteiger partial charge in [0, 0.05) is 43.7 Å². The van der Waals surface area contributed by atoms with Gasteiger partial charge in [-0.25, -0.2) is 4.99 Å². The molecule has 0 atom stereocenters. The Labute approximate surface area is 188 Å². The van der Waals surface area contributed by atoms with E-state index in [1.807, 2.05) is 87.0 Å². The van der Waals surface area contributed by atoms with Gasteiger partial charge in [0.2, 0.25) is 5.96 Å². The Hall–Kier alpha value is -3.81.